The minimum atomic E-state index is -0.369. The summed E-state index contributed by atoms with van der Waals surface area (Å²) in [5.74, 6) is 0.246. The fraction of sp³-hybridized carbons (Fsp3) is 0. The van der Waals surface area contributed by atoms with Gasteiger partial charge in [-0.15, -0.1) is 0 Å². The van der Waals surface area contributed by atoms with Crippen LogP contribution < -0.4 is 5.73 Å². The Hall–Kier alpha value is -1.73. The smallest absolute Gasteiger partial charge is 0.258 e. The van der Waals surface area contributed by atoms with Crippen molar-refractivity contribution in [2.24, 2.45) is 0 Å². The van der Waals surface area contributed by atoms with Crippen LogP contribution in [0.25, 0.3) is 22.8 Å². The van der Waals surface area contributed by atoms with Gasteiger partial charge in [0.15, 0.2) is 0 Å². The van der Waals surface area contributed by atoms with E-state index in [1.807, 2.05) is 6.07 Å². The molecule has 2 aromatic carbocycles. The van der Waals surface area contributed by atoms with E-state index in [-0.39, 0.29) is 5.82 Å². The molecule has 0 amide bonds. The molecule has 106 valence electrons. The monoisotopic (exact) mass is 411 g/mol. The highest BCUT2D eigenvalue weighted by atomic mass is 79.9. The maximum atomic E-state index is 13.3. The quantitative estimate of drug-likeness (QED) is 0.622. The highest BCUT2D eigenvalue weighted by molar-refractivity contribution is 9.10. The Kier molecular flexibility index (Phi) is 3.77. The van der Waals surface area contributed by atoms with Crippen LogP contribution in [0.1, 0.15) is 0 Å². The molecule has 0 saturated carbocycles. The molecule has 0 fully saturated rings. The molecule has 0 unspecified atom stereocenters. The molecule has 0 radical (unpaired) electrons. The molecule has 2 N–H and O–H groups in total. The van der Waals surface area contributed by atoms with Crippen LogP contribution in [0.2, 0.25) is 0 Å². The van der Waals surface area contributed by atoms with E-state index in [1.165, 1.54) is 12.1 Å². The van der Waals surface area contributed by atoms with Gasteiger partial charge in [0.2, 0.25) is 5.82 Å². The SMILES string of the molecule is Nc1cc(Br)cc(-c2nc(-c3cc(F)ccc3Br)no2)c1. The van der Waals surface area contributed by atoms with Crippen LogP contribution in [0.5, 0.6) is 0 Å². The molecule has 0 atom stereocenters. The van der Waals surface area contributed by atoms with Crippen LogP contribution >= 0.6 is 31.9 Å². The second-order valence-corrected chi connectivity index (χ2v) is 6.09. The van der Waals surface area contributed by atoms with Gasteiger partial charge in [0.1, 0.15) is 5.82 Å². The number of nitrogen functional groups attached to an aromatic ring is 1. The van der Waals surface area contributed by atoms with Gasteiger partial charge in [-0.2, -0.15) is 4.98 Å². The van der Waals surface area contributed by atoms with Crippen molar-refractivity contribution in [2.75, 3.05) is 5.73 Å². The molecular formula is C14H8Br2FN3O. The molecule has 0 saturated heterocycles. The lowest BCUT2D eigenvalue weighted by molar-refractivity contribution is 0.432. The predicted molar refractivity (Wildman–Crippen MR) is 84.9 cm³/mol. The van der Waals surface area contributed by atoms with Gasteiger partial charge in [-0.05, 0) is 36.4 Å². The Bertz CT molecular complexity index is 799. The van der Waals surface area contributed by atoms with Crippen LogP contribution in [0.3, 0.4) is 0 Å². The Morgan fingerprint density at radius 1 is 1.10 bits per heavy atom. The zero-order valence-corrected chi connectivity index (χ0v) is 13.7. The summed E-state index contributed by atoms with van der Waals surface area (Å²) in [4.78, 5) is 4.28. The van der Waals surface area contributed by atoms with Crippen molar-refractivity contribution in [3.63, 3.8) is 0 Å². The van der Waals surface area contributed by atoms with E-state index in [0.29, 0.717) is 33.0 Å². The summed E-state index contributed by atoms with van der Waals surface area (Å²) in [5, 5.41) is 3.89. The van der Waals surface area contributed by atoms with Crippen molar-refractivity contribution >= 4 is 37.5 Å². The lowest BCUT2D eigenvalue weighted by Gasteiger charge is -1.99. The molecule has 3 rings (SSSR count). The van der Waals surface area contributed by atoms with Gasteiger partial charge >= 0.3 is 0 Å². The van der Waals surface area contributed by atoms with Crippen LogP contribution in [0.4, 0.5) is 10.1 Å². The summed E-state index contributed by atoms with van der Waals surface area (Å²) in [7, 11) is 0. The van der Waals surface area contributed by atoms with Crippen molar-refractivity contribution in [3.8, 4) is 22.8 Å². The van der Waals surface area contributed by atoms with E-state index in [9.17, 15) is 4.39 Å². The van der Waals surface area contributed by atoms with Gasteiger partial charge in [0.05, 0.1) is 0 Å². The summed E-state index contributed by atoms with van der Waals surface area (Å²) >= 11 is 6.70. The summed E-state index contributed by atoms with van der Waals surface area (Å²) in [6, 6.07) is 9.59. The summed E-state index contributed by atoms with van der Waals surface area (Å²) in [5.41, 5.74) is 7.57. The van der Waals surface area contributed by atoms with Gasteiger partial charge in [-0.1, -0.05) is 37.0 Å². The normalized spacial score (nSPS) is 10.8. The van der Waals surface area contributed by atoms with Crippen LogP contribution in [-0.4, -0.2) is 10.1 Å². The lowest BCUT2D eigenvalue weighted by atomic mass is 10.2. The highest BCUT2D eigenvalue weighted by Crippen LogP contribution is 2.30. The molecule has 3 aromatic rings. The number of hydrogen-bond donors (Lipinski definition) is 1. The number of hydrogen-bond acceptors (Lipinski definition) is 4. The summed E-state index contributed by atoms with van der Waals surface area (Å²) < 4.78 is 20.1. The molecule has 21 heavy (non-hydrogen) atoms. The summed E-state index contributed by atoms with van der Waals surface area (Å²) in [6.07, 6.45) is 0. The number of anilines is 1. The van der Waals surface area contributed by atoms with Gasteiger partial charge in [0, 0.05) is 25.8 Å². The Balaban J connectivity index is 2.05. The Morgan fingerprint density at radius 3 is 2.67 bits per heavy atom. The number of halogens is 3. The van der Waals surface area contributed by atoms with Crippen molar-refractivity contribution in [1.29, 1.82) is 0 Å². The predicted octanol–water partition coefficient (Wildman–Crippen LogP) is 4.65. The minimum absolute atomic E-state index is 0.301. The Labute approximate surface area is 136 Å². The maximum absolute atomic E-state index is 13.3. The first-order valence-electron chi connectivity index (χ1n) is 5.88. The minimum Gasteiger partial charge on any atom is -0.399 e. The number of aromatic nitrogens is 2. The first-order chi connectivity index (χ1) is 10.0. The van der Waals surface area contributed by atoms with Gasteiger partial charge in [0.25, 0.3) is 5.89 Å². The second kappa shape index (κ2) is 5.57. The van der Waals surface area contributed by atoms with Crippen molar-refractivity contribution in [2.45, 2.75) is 0 Å². The van der Waals surface area contributed by atoms with Gasteiger partial charge in [-0.25, -0.2) is 4.39 Å². The fourth-order valence-electron chi connectivity index (χ4n) is 1.85. The van der Waals surface area contributed by atoms with Crippen LogP contribution in [0, 0.1) is 5.82 Å². The van der Waals surface area contributed by atoms with E-state index in [4.69, 9.17) is 10.3 Å². The van der Waals surface area contributed by atoms with Crippen molar-refractivity contribution in [1.82, 2.24) is 10.1 Å². The topological polar surface area (TPSA) is 64.9 Å². The van der Waals surface area contributed by atoms with E-state index in [2.05, 4.69) is 42.0 Å². The molecule has 0 aliphatic carbocycles. The van der Waals surface area contributed by atoms with Crippen LogP contribution in [0.15, 0.2) is 49.9 Å². The van der Waals surface area contributed by atoms with E-state index in [1.54, 1.807) is 18.2 Å². The average molecular weight is 413 g/mol. The highest BCUT2D eigenvalue weighted by Gasteiger charge is 2.14. The fourth-order valence-corrected chi connectivity index (χ4v) is 2.79. The number of nitrogens with zero attached hydrogens (tertiary/aromatic N) is 2. The third kappa shape index (κ3) is 2.98. The zero-order chi connectivity index (χ0) is 15.0. The van der Waals surface area contributed by atoms with Crippen molar-refractivity contribution < 1.29 is 8.91 Å². The number of nitrogens with two attached hydrogens (primary N) is 1. The van der Waals surface area contributed by atoms with E-state index < -0.39 is 0 Å². The zero-order valence-electron chi connectivity index (χ0n) is 10.5. The molecule has 7 heteroatoms. The second-order valence-electron chi connectivity index (χ2n) is 4.32. The molecule has 1 heterocycles. The van der Waals surface area contributed by atoms with Crippen LogP contribution in [-0.2, 0) is 0 Å². The molecule has 0 aliphatic rings. The first kappa shape index (κ1) is 14.2. The number of rotatable bonds is 2. The van der Waals surface area contributed by atoms with E-state index >= 15 is 0 Å². The summed E-state index contributed by atoms with van der Waals surface area (Å²) in [6.45, 7) is 0. The first-order valence-corrected chi connectivity index (χ1v) is 7.47. The molecule has 0 spiro atoms. The maximum Gasteiger partial charge on any atom is 0.258 e. The molecule has 4 nitrogen and oxygen atoms in total. The van der Waals surface area contributed by atoms with Crippen molar-refractivity contribution in [3.05, 3.63) is 51.2 Å². The van der Waals surface area contributed by atoms with E-state index in [0.717, 1.165) is 4.47 Å². The Morgan fingerprint density at radius 2 is 1.90 bits per heavy atom. The van der Waals surface area contributed by atoms with Gasteiger partial charge in [-0.3, -0.25) is 0 Å². The largest absolute Gasteiger partial charge is 0.399 e. The molecular weight excluding hydrogens is 405 g/mol. The lowest BCUT2D eigenvalue weighted by Crippen LogP contribution is -1.87. The standard InChI is InChI=1S/C14H8Br2FN3O/c15-8-3-7(4-10(18)5-8)14-19-13(20-21-14)11-6-9(17)1-2-12(11)16/h1-6H,18H2. The third-order valence-corrected chi connectivity index (χ3v) is 3.91. The molecule has 0 bridgehead atoms. The molecule has 1 aromatic heterocycles. The third-order valence-electron chi connectivity index (χ3n) is 2.76. The number of benzene rings is 2. The van der Waals surface area contributed by atoms with Gasteiger partial charge < -0.3 is 10.3 Å². The average Bonchev–Trinajstić information content (AvgIpc) is 2.90. The molecule has 0 aliphatic heterocycles.